The lowest BCUT2D eigenvalue weighted by Gasteiger charge is -2.08. The van der Waals surface area contributed by atoms with E-state index in [0.29, 0.717) is 17.0 Å². The molecule has 0 radical (unpaired) electrons. The molecule has 2 heterocycles. The molecule has 0 aliphatic heterocycles. The Morgan fingerprint density at radius 2 is 1.87 bits per heavy atom. The largest absolute Gasteiger partial charge is 0.456 e. The number of rotatable bonds is 4. The molecular formula is C22H14N4O4. The zero-order valence-electron chi connectivity index (χ0n) is 15.5. The van der Waals surface area contributed by atoms with Crippen molar-refractivity contribution in [3.8, 4) is 5.69 Å². The summed E-state index contributed by atoms with van der Waals surface area (Å²) in [5.41, 5.74) is 2.27. The van der Waals surface area contributed by atoms with E-state index < -0.39 is 10.8 Å². The van der Waals surface area contributed by atoms with Gasteiger partial charge in [-0.2, -0.15) is 0 Å². The van der Waals surface area contributed by atoms with Gasteiger partial charge in [0.25, 0.3) is 11.6 Å². The van der Waals surface area contributed by atoms with Gasteiger partial charge in [0.15, 0.2) is 0 Å². The third kappa shape index (κ3) is 2.96. The Bertz CT molecular complexity index is 1420. The minimum atomic E-state index is -0.521. The lowest BCUT2D eigenvalue weighted by Crippen LogP contribution is -2.12. The Labute approximate surface area is 169 Å². The third-order valence-corrected chi connectivity index (χ3v) is 4.85. The van der Waals surface area contributed by atoms with Gasteiger partial charge >= 0.3 is 0 Å². The molecular weight excluding hydrogens is 384 g/mol. The van der Waals surface area contributed by atoms with Gasteiger partial charge in [-0.05, 0) is 30.3 Å². The Morgan fingerprint density at radius 1 is 1.03 bits per heavy atom. The molecule has 3 aromatic carbocycles. The first-order valence-corrected chi connectivity index (χ1v) is 9.09. The molecule has 0 atom stereocenters. The molecule has 0 fully saturated rings. The van der Waals surface area contributed by atoms with Gasteiger partial charge < -0.3 is 14.3 Å². The number of carbonyl (C=O) groups excluding carboxylic acids is 1. The van der Waals surface area contributed by atoms with Gasteiger partial charge in [0.1, 0.15) is 16.9 Å². The number of nitro groups is 1. The zero-order chi connectivity index (χ0) is 20.7. The normalized spacial score (nSPS) is 11.1. The highest BCUT2D eigenvalue weighted by Gasteiger charge is 2.19. The molecule has 5 aromatic rings. The van der Waals surface area contributed by atoms with Gasteiger partial charge in [0.05, 0.1) is 11.3 Å². The number of imidazole rings is 1. The standard InChI is InChI=1S/C22H14N4O4/c27-22(14-5-8-18(19(11-14)26(28)29)25-10-9-23-13-25)24-15-6-7-17-16-3-1-2-4-20(16)30-21(17)12-15/h1-13H,(H,24,27). The topological polar surface area (TPSA) is 103 Å². The molecule has 0 aliphatic rings. The Hall–Kier alpha value is -4.46. The minimum Gasteiger partial charge on any atom is -0.456 e. The fourth-order valence-electron chi connectivity index (χ4n) is 3.44. The lowest BCUT2D eigenvalue weighted by atomic mass is 10.1. The van der Waals surface area contributed by atoms with E-state index in [1.807, 2.05) is 30.3 Å². The summed E-state index contributed by atoms with van der Waals surface area (Å²) in [5.74, 6) is -0.453. The highest BCUT2D eigenvalue weighted by Crippen LogP contribution is 2.31. The van der Waals surface area contributed by atoms with Crippen LogP contribution in [0.1, 0.15) is 10.4 Å². The first kappa shape index (κ1) is 17.6. The number of nitrogens with zero attached hydrogens (tertiary/aromatic N) is 3. The van der Waals surface area contributed by atoms with Crippen molar-refractivity contribution < 1.29 is 14.1 Å². The van der Waals surface area contributed by atoms with Crippen LogP contribution < -0.4 is 5.32 Å². The number of carbonyl (C=O) groups is 1. The van der Waals surface area contributed by atoms with E-state index in [2.05, 4.69) is 10.3 Å². The molecule has 2 aromatic heterocycles. The fourth-order valence-corrected chi connectivity index (χ4v) is 3.44. The van der Waals surface area contributed by atoms with Crippen LogP contribution in [-0.4, -0.2) is 20.4 Å². The average Bonchev–Trinajstić information content (AvgIpc) is 3.41. The van der Waals surface area contributed by atoms with Crippen LogP contribution in [-0.2, 0) is 0 Å². The molecule has 8 heteroatoms. The second kappa shape index (κ2) is 6.85. The summed E-state index contributed by atoms with van der Waals surface area (Å²) in [6.45, 7) is 0. The quantitative estimate of drug-likeness (QED) is 0.341. The van der Waals surface area contributed by atoms with Crippen molar-refractivity contribution in [2.24, 2.45) is 0 Å². The van der Waals surface area contributed by atoms with Crippen molar-refractivity contribution in [2.75, 3.05) is 5.32 Å². The van der Waals surface area contributed by atoms with Gasteiger partial charge in [0, 0.05) is 46.5 Å². The smallest absolute Gasteiger partial charge is 0.294 e. The summed E-state index contributed by atoms with van der Waals surface area (Å²) in [6.07, 6.45) is 4.59. The number of amides is 1. The highest BCUT2D eigenvalue weighted by atomic mass is 16.6. The first-order valence-electron chi connectivity index (χ1n) is 9.09. The Morgan fingerprint density at radius 3 is 2.67 bits per heavy atom. The van der Waals surface area contributed by atoms with Crippen molar-refractivity contribution in [1.82, 2.24) is 9.55 Å². The average molecular weight is 398 g/mol. The van der Waals surface area contributed by atoms with Crippen molar-refractivity contribution in [3.63, 3.8) is 0 Å². The predicted molar refractivity (Wildman–Crippen MR) is 112 cm³/mol. The van der Waals surface area contributed by atoms with Gasteiger partial charge in [0.2, 0.25) is 0 Å². The number of furan rings is 1. The number of benzene rings is 3. The molecule has 0 spiro atoms. The molecule has 5 rings (SSSR count). The van der Waals surface area contributed by atoms with E-state index in [1.165, 1.54) is 35.3 Å². The molecule has 1 amide bonds. The van der Waals surface area contributed by atoms with Crippen LogP contribution >= 0.6 is 0 Å². The van der Waals surface area contributed by atoms with Crippen LogP contribution in [0, 0.1) is 10.1 Å². The summed E-state index contributed by atoms with van der Waals surface area (Å²) in [4.78, 5) is 27.6. The van der Waals surface area contributed by atoms with Gasteiger partial charge in [-0.1, -0.05) is 18.2 Å². The maximum Gasteiger partial charge on any atom is 0.294 e. The monoisotopic (exact) mass is 398 g/mol. The van der Waals surface area contributed by atoms with E-state index in [-0.39, 0.29) is 11.3 Å². The maximum absolute atomic E-state index is 12.7. The SMILES string of the molecule is O=C(Nc1ccc2c(c1)oc1ccccc12)c1ccc(-n2ccnc2)c([N+](=O)[O-])c1. The first-order chi connectivity index (χ1) is 14.6. The molecule has 0 unspecified atom stereocenters. The third-order valence-electron chi connectivity index (χ3n) is 4.85. The van der Waals surface area contributed by atoms with Crippen LogP contribution in [0.5, 0.6) is 0 Å². The highest BCUT2D eigenvalue weighted by molar-refractivity contribution is 6.08. The molecule has 8 nitrogen and oxygen atoms in total. The Balaban J connectivity index is 1.47. The second-order valence-corrected chi connectivity index (χ2v) is 6.69. The van der Waals surface area contributed by atoms with Gasteiger partial charge in [-0.15, -0.1) is 0 Å². The maximum atomic E-state index is 12.7. The second-order valence-electron chi connectivity index (χ2n) is 6.69. The van der Waals surface area contributed by atoms with Crippen molar-refractivity contribution in [2.45, 2.75) is 0 Å². The number of fused-ring (bicyclic) bond motifs is 3. The van der Waals surface area contributed by atoms with Crippen LogP contribution in [0.4, 0.5) is 11.4 Å². The number of anilines is 1. The van der Waals surface area contributed by atoms with Crippen molar-refractivity contribution in [1.29, 1.82) is 0 Å². The summed E-state index contributed by atoms with van der Waals surface area (Å²) >= 11 is 0. The van der Waals surface area contributed by atoms with E-state index in [1.54, 1.807) is 18.3 Å². The summed E-state index contributed by atoms with van der Waals surface area (Å²) in [7, 11) is 0. The minimum absolute atomic E-state index is 0.176. The van der Waals surface area contributed by atoms with Crippen LogP contribution in [0.15, 0.2) is 83.8 Å². The Kier molecular flexibility index (Phi) is 4.03. The van der Waals surface area contributed by atoms with Crippen LogP contribution in [0.2, 0.25) is 0 Å². The van der Waals surface area contributed by atoms with Crippen LogP contribution in [0.25, 0.3) is 27.6 Å². The van der Waals surface area contributed by atoms with E-state index in [9.17, 15) is 14.9 Å². The number of nitrogens with one attached hydrogen (secondary N) is 1. The number of hydrogen-bond donors (Lipinski definition) is 1. The van der Waals surface area contributed by atoms with Crippen LogP contribution in [0.3, 0.4) is 0 Å². The fraction of sp³-hybridized carbons (Fsp3) is 0. The number of para-hydroxylation sites is 1. The molecule has 0 saturated heterocycles. The number of nitro benzene ring substituents is 1. The van der Waals surface area contributed by atoms with E-state index in [4.69, 9.17) is 4.42 Å². The summed E-state index contributed by atoms with van der Waals surface area (Å²) < 4.78 is 7.36. The molecule has 146 valence electrons. The van der Waals surface area contributed by atoms with Gasteiger partial charge in [-0.3, -0.25) is 14.9 Å². The number of hydrogen-bond acceptors (Lipinski definition) is 5. The summed E-state index contributed by atoms with van der Waals surface area (Å²) in [6, 6.07) is 17.4. The molecule has 1 N–H and O–H groups in total. The number of aromatic nitrogens is 2. The van der Waals surface area contributed by atoms with E-state index >= 15 is 0 Å². The molecule has 0 saturated carbocycles. The van der Waals surface area contributed by atoms with Gasteiger partial charge in [-0.25, -0.2) is 4.98 Å². The molecule has 0 bridgehead atoms. The van der Waals surface area contributed by atoms with Crippen molar-refractivity contribution >= 4 is 39.2 Å². The summed E-state index contributed by atoms with van der Waals surface area (Å²) in [5, 5.41) is 16.2. The van der Waals surface area contributed by atoms with Crippen molar-refractivity contribution in [3.05, 3.63) is 95.1 Å². The molecule has 0 aliphatic carbocycles. The lowest BCUT2D eigenvalue weighted by molar-refractivity contribution is -0.384. The zero-order valence-corrected chi connectivity index (χ0v) is 15.5. The predicted octanol–water partition coefficient (Wildman–Crippen LogP) is 4.93. The molecule has 30 heavy (non-hydrogen) atoms. The van der Waals surface area contributed by atoms with E-state index in [0.717, 1.165) is 16.4 Å².